The molecule has 0 aliphatic heterocycles. The molecule has 0 aliphatic carbocycles. The number of aromatic nitrogens is 1. The van der Waals surface area contributed by atoms with Crippen LogP contribution in [-0.2, 0) is 9.59 Å². The third kappa shape index (κ3) is 4.20. The van der Waals surface area contributed by atoms with Gasteiger partial charge in [0.2, 0.25) is 5.91 Å². The summed E-state index contributed by atoms with van der Waals surface area (Å²) in [6.07, 6.45) is 1.48. The third-order valence-corrected chi connectivity index (χ3v) is 2.07. The first-order chi connectivity index (χ1) is 8.50. The average Bonchev–Trinajstić information content (AvgIpc) is 2.34. The number of hydrogen-bond donors (Lipinski definition) is 3. The fourth-order valence-electron chi connectivity index (χ4n) is 1.20. The van der Waals surface area contributed by atoms with Crippen LogP contribution in [0.25, 0.3) is 0 Å². The van der Waals surface area contributed by atoms with E-state index in [-0.39, 0.29) is 12.2 Å². The number of carboxylic acid groups (broad SMARTS) is 1. The number of nitrogens with zero attached hydrogens (tertiary/aromatic N) is 1. The highest BCUT2D eigenvalue weighted by atomic mass is 16.4. The molecule has 0 radical (unpaired) electrons. The predicted molar refractivity (Wildman–Crippen MR) is 62.0 cm³/mol. The minimum Gasteiger partial charge on any atom is -0.480 e. The van der Waals surface area contributed by atoms with Gasteiger partial charge in [0.05, 0.1) is 6.54 Å². The van der Waals surface area contributed by atoms with Gasteiger partial charge in [-0.2, -0.15) is 0 Å². The van der Waals surface area contributed by atoms with Gasteiger partial charge in [-0.1, -0.05) is 6.07 Å². The van der Waals surface area contributed by atoms with Crippen molar-refractivity contribution in [3.05, 3.63) is 29.6 Å². The van der Waals surface area contributed by atoms with Crippen LogP contribution in [0.15, 0.2) is 18.3 Å². The number of rotatable bonds is 5. The van der Waals surface area contributed by atoms with Gasteiger partial charge >= 0.3 is 5.97 Å². The molecule has 0 fully saturated rings. The third-order valence-electron chi connectivity index (χ3n) is 2.07. The van der Waals surface area contributed by atoms with E-state index in [1.54, 1.807) is 19.1 Å². The Balaban J connectivity index is 2.45. The summed E-state index contributed by atoms with van der Waals surface area (Å²) >= 11 is 0. The number of aryl methyl sites for hydroxylation is 1. The molecule has 7 nitrogen and oxygen atoms in total. The lowest BCUT2D eigenvalue weighted by molar-refractivity contribution is -0.137. The van der Waals surface area contributed by atoms with Crippen molar-refractivity contribution in [3.63, 3.8) is 0 Å². The van der Waals surface area contributed by atoms with Crippen LogP contribution in [0.1, 0.15) is 16.1 Å². The number of carboxylic acids is 1. The van der Waals surface area contributed by atoms with Gasteiger partial charge in [0.1, 0.15) is 12.2 Å². The van der Waals surface area contributed by atoms with Crippen LogP contribution in [0.4, 0.5) is 0 Å². The second kappa shape index (κ2) is 6.33. The van der Waals surface area contributed by atoms with Crippen LogP contribution < -0.4 is 10.6 Å². The molecule has 0 bridgehead atoms. The fraction of sp³-hybridized carbons (Fsp3) is 0.273. The number of carbonyl (C=O) groups is 3. The van der Waals surface area contributed by atoms with Crippen molar-refractivity contribution < 1.29 is 19.5 Å². The van der Waals surface area contributed by atoms with E-state index < -0.39 is 24.3 Å². The number of amides is 2. The maximum atomic E-state index is 11.6. The van der Waals surface area contributed by atoms with Crippen LogP contribution in [0.5, 0.6) is 0 Å². The van der Waals surface area contributed by atoms with Gasteiger partial charge in [-0.25, -0.2) is 0 Å². The molecule has 2 amide bonds. The van der Waals surface area contributed by atoms with Crippen molar-refractivity contribution >= 4 is 17.8 Å². The van der Waals surface area contributed by atoms with Gasteiger partial charge in [0.15, 0.2) is 0 Å². The lowest BCUT2D eigenvalue weighted by Crippen LogP contribution is -2.39. The van der Waals surface area contributed by atoms with E-state index in [0.29, 0.717) is 5.56 Å². The molecular weight excluding hydrogens is 238 g/mol. The molecule has 1 rings (SSSR count). The maximum Gasteiger partial charge on any atom is 0.322 e. The zero-order chi connectivity index (χ0) is 13.5. The van der Waals surface area contributed by atoms with Crippen LogP contribution in [0, 0.1) is 6.92 Å². The minimum absolute atomic E-state index is 0.239. The van der Waals surface area contributed by atoms with Crippen LogP contribution >= 0.6 is 0 Å². The van der Waals surface area contributed by atoms with Crippen LogP contribution in [-0.4, -0.2) is 41.0 Å². The Labute approximate surface area is 103 Å². The van der Waals surface area contributed by atoms with E-state index in [4.69, 9.17) is 5.11 Å². The second-order valence-electron chi connectivity index (χ2n) is 3.52. The molecule has 0 aromatic carbocycles. The first kappa shape index (κ1) is 13.6. The Morgan fingerprint density at radius 3 is 2.61 bits per heavy atom. The van der Waals surface area contributed by atoms with E-state index in [1.807, 2.05) is 0 Å². The average molecular weight is 251 g/mol. The Morgan fingerprint density at radius 2 is 2.00 bits per heavy atom. The molecule has 1 heterocycles. The van der Waals surface area contributed by atoms with E-state index in [2.05, 4.69) is 15.6 Å². The molecule has 0 atom stereocenters. The van der Waals surface area contributed by atoms with E-state index in [9.17, 15) is 14.4 Å². The lowest BCUT2D eigenvalue weighted by atomic mass is 10.2. The summed E-state index contributed by atoms with van der Waals surface area (Å²) in [5, 5.41) is 12.8. The van der Waals surface area contributed by atoms with Crippen molar-refractivity contribution in [3.8, 4) is 0 Å². The molecule has 1 aromatic rings. The highest BCUT2D eigenvalue weighted by Gasteiger charge is 2.11. The predicted octanol–water partition coefficient (Wildman–Crippen LogP) is -0.679. The van der Waals surface area contributed by atoms with Crippen LogP contribution in [0.3, 0.4) is 0 Å². The minimum atomic E-state index is -1.14. The van der Waals surface area contributed by atoms with E-state index >= 15 is 0 Å². The molecule has 0 saturated carbocycles. The Kier molecular flexibility index (Phi) is 4.79. The highest BCUT2D eigenvalue weighted by molar-refractivity contribution is 5.96. The Morgan fingerprint density at radius 1 is 1.28 bits per heavy atom. The summed E-state index contributed by atoms with van der Waals surface area (Å²) in [7, 11) is 0. The lowest BCUT2D eigenvalue weighted by Gasteiger charge is -2.06. The topological polar surface area (TPSA) is 108 Å². The van der Waals surface area contributed by atoms with Gasteiger partial charge in [-0.15, -0.1) is 0 Å². The molecular formula is C11H13N3O4. The number of pyridine rings is 1. The summed E-state index contributed by atoms with van der Waals surface area (Å²) < 4.78 is 0. The largest absolute Gasteiger partial charge is 0.480 e. The molecule has 7 heteroatoms. The molecule has 0 aliphatic rings. The highest BCUT2D eigenvalue weighted by Crippen LogP contribution is 2.01. The Hall–Kier alpha value is -2.44. The summed E-state index contributed by atoms with van der Waals surface area (Å²) in [5.41, 5.74) is 0.935. The van der Waals surface area contributed by atoms with Crippen molar-refractivity contribution in [2.24, 2.45) is 0 Å². The number of carbonyl (C=O) groups excluding carboxylic acids is 2. The first-order valence-electron chi connectivity index (χ1n) is 5.19. The normalized spacial score (nSPS) is 9.61. The van der Waals surface area contributed by atoms with E-state index in [1.165, 1.54) is 6.20 Å². The monoisotopic (exact) mass is 251 g/mol. The fourth-order valence-corrected chi connectivity index (χ4v) is 1.20. The van der Waals surface area contributed by atoms with Crippen molar-refractivity contribution in [1.29, 1.82) is 0 Å². The molecule has 96 valence electrons. The van der Waals surface area contributed by atoms with Gasteiger partial charge in [-0.05, 0) is 18.6 Å². The zero-order valence-electron chi connectivity index (χ0n) is 9.77. The summed E-state index contributed by atoms with van der Waals surface area (Å²) in [6, 6.07) is 3.43. The summed E-state index contributed by atoms with van der Waals surface area (Å²) in [4.78, 5) is 36.9. The molecule has 1 aromatic heterocycles. The van der Waals surface area contributed by atoms with Gasteiger partial charge < -0.3 is 15.7 Å². The van der Waals surface area contributed by atoms with Crippen molar-refractivity contribution in [2.75, 3.05) is 13.1 Å². The van der Waals surface area contributed by atoms with Crippen molar-refractivity contribution in [2.45, 2.75) is 6.92 Å². The van der Waals surface area contributed by atoms with Gasteiger partial charge in [-0.3, -0.25) is 19.4 Å². The standard InChI is InChI=1S/C11H13N3O4/c1-7-3-2-4-12-10(7)11(18)14-5-8(15)13-6-9(16)17/h2-4H,5-6H2,1H3,(H,13,15)(H,14,18)(H,16,17). The summed E-state index contributed by atoms with van der Waals surface area (Å²) in [6.45, 7) is 0.964. The van der Waals surface area contributed by atoms with Gasteiger partial charge in [0, 0.05) is 6.20 Å². The number of nitrogens with one attached hydrogen (secondary N) is 2. The van der Waals surface area contributed by atoms with Crippen LogP contribution in [0.2, 0.25) is 0 Å². The molecule has 0 spiro atoms. The Bertz CT molecular complexity index is 473. The number of aliphatic carboxylic acids is 1. The van der Waals surface area contributed by atoms with Gasteiger partial charge in [0.25, 0.3) is 5.91 Å². The van der Waals surface area contributed by atoms with E-state index in [0.717, 1.165) is 0 Å². The quantitative estimate of drug-likeness (QED) is 0.642. The first-order valence-corrected chi connectivity index (χ1v) is 5.19. The molecule has 0 saturated heterocycles. The van der Waals surface area contributed by atoms with Crippen molar-refractivity contribution in [1.82, 2.24) is 15.6 Å². The SMILES string of the molecule is Cc1cccnc1C(=O)NCC(=O)NCC(=O)O. The molecule has 3 N–H and O–H groups in total. The smallest absolute Gasteiger partial charge is 0.322 e. The second-order valence-corrected chi connectivity index (χ2v) is 3.52. The molecule has 18 heavy (non-hydrogen) atoms. The zero-order valence-corrected chi connectivity index (χ0v) is 9.77. The molecule has 0 unspecified atom stereocenters. The maximum absolute atomic E-state index is 11.6. The summed E-state index contributed by atoms with van der Waals surface area (Å²) in [5.74, 6) is -2.19. The number of hydrogen-bond acceptors (Lipinski definition) is 4.